The molecule has 3 aromatic rings. The van der Waals surface area contributed by atoms with Gasteiger partial charge in [-0.15, -0.1) is 0 Å². The molecule has 2 aromatic carbocycles. The van der Waals surface area contributed by atoms with E-state index in [9.17, 15) is 4.79 Å². The highest BCUT2D eigenvalue weighted by atomic mass is 16.5. The highest BCUT2D eigenvalue weighted by molar-refractivity contribution is 5.88. The van der Waals surface area contributed by atoms with Gasteiger partial charge in [-0.1, -0.05) is 12.1 Å². The summed E-state index contributed by atoms with van der Waals surface area (Å²) in [7, 11) is 1.66. The summed E-state index contributed by atoms with van der Waals surface area (Å²) in [4.78, 5) is 22.7. The summed E-state index contributed by atoms with van der Waals surface area (Å²) in [6.07, 6.45) is 2.15. The topological polar surface area (TPSA) is 112 Å². The molecular weight excluding hydrogens is 432 g/mol. The van der Waals surface area contributed by atoms with Crippen LogP contribution in [0.1, 0.15) is 15.9 Å². The molecule has 3 N–H and O–H groups in total. The fourth-order valence-corrected chi connectivity index (χ4v) is 3.63. The Morgan fingerprint density at radius 1 is 1.12 bits per heavy atom. The second-order valence-electron chi connectivity index (χ2n) is 7.77. The number of benzene rings is 2. The predicted octanol–water partition coefficient (Wildman–Crippen LogP) is 3.59. The van der Waals surface area contributed by atoms with Gasteiger partial charge in [-0.3, -0.25) is 4.79 Å². The quantitative estimate of drug-likeness (QED) is 0.239. The number of aldehydes is 1. The van der Waals surface area contributed by atoms with Gasteiger partial charge >= 0.3 is 0 Å². The van der Waals surface area contributed by atoms with E-state index in [-0.39, 0.29) is 0 Å². The van der Waals surface area contributed by atoms with Crippen molar-refractivity contribution in [3.05, 3.63) is 59.7 Å². The number of ether oxygens (including phenoxy) is 2. The largest absolute Gasteiger partial charge is 0.383 e. The molecule has 0 bridgehead atoms. The first kappa shape index (κ1) is 23.3. The molecule has 0 atom stereocenters. The van der Waals surface area contributed by atoms with Crippen LogP contribution in [0.25, 0.3) is 11.3 Å². The predicted molar refractivity (Wildman–Crippen MR) is 134 cm³/mol. The molecule has 1 aliphatic rings. The van der Waals surface area contributed by atoms with Crippen LogP contribution < -0.4 is 15.5 Å². The van der Waals surface area contributed by atoms with Gasteiger partial charge in [0.1, 0.15) is 12.1 Å². The summed E-state index contributed by atoms with van der Waals surface area (Å²) < 4.78 is 10.6. The summed E-state index contributed by atoms with van der Waals surface area (Å²) in [6, 6.07) is 14.9. The van der Waals surface area contributed by atoms with Crippen LogP contribution in [-0.2, 0) is 9.47 Å². The molecule has 0 spiro atoms. The van der Waals surface area contributed by atoms with Crippen molar-refractivity contribution in [2.24, 2.45) is 0 Å². The average molecular weight is 461 g/mol. The van der Waals surface area contributed by atoms with Crippen LogP contribution in [0, 0.1) is 5.41 Å². The van der Waals surface area contributed by atoms with E-state index in [1.54, 1.807) is 19.2 Å². The molecule has 2 heterocycles. The molecule has 9 nitrogen and oxygen atoms in total. The van der Waals surface area contributed by atoms with E-state index in [1.807, 2.05) is 36.4 Å². The van der Waals surface area contributed by atoms with Gasteiger partial charge in [0.25, 0.3) is 0 Å². The molecule has 0 aliphatic carbocycles. The van der Waals surface area contributed by atoms with Crippen molar-refractivity contribution >= 4 is 35.6 Å². The Morgan fingerprint density at radius 3 is 2.62 bits per heavy atom. The Morgan fingerprint density at radius 2 is 1.91 bits per heavy atom. The van der Waals surface area contributed by atoms with Crippen molar-refractivity contribution in [1.29, 1.82) is 5.41 Å². The van der Waals surface area contributed by atoms with Crippen molar-refractivity contribution in [2.75, 3.05) is 62.1 Å². The van der Waals surface area contributed by atoms with Gasteiger partial charge < -0.3 is 30.4 Å². The van der Waals surface area contributed by atoms with E-state index in [0.717, 1.165) is 34.5 Å². The van der Waals surface area contributed by atoms with E-state index in [4.69, 9.17) is 24.9 Å². The monoisotopic (exact) mass is 460 g/mol. The molecule has 9 heteroatoms. The number of anilines is 4. The Hall–Kier alpha value is -3.82. The van der Waals surface area contributed by atoms with Crippen molar-refractivity contribution in [2.45, 2.75) is 0 Å². The van der Waals surface area contributed by atoms with Gasteiger partial charge in [0, 0.05) is 67.1 Å². The zero-order valence-corrected chi connectivity index (χ0v) is 19.1. The van der Waals surface area contributed by atoms with Crippen LogP contribution in [0.5, 0.6) is 0 Å². The van der Waals surface area contributed by atoms with Gasteiger partial charge in [0.2, 0.25) is 5.95 Å². The number of morpholine rings is 1. The number of aromatic nitrogens is 2. The van der Waals surface area contributed by atoms with Crippen molar-refractivity contribution in [1.82, 2.24) is 9.97 Å². The lowest BCUT2D eigenvalue weighted by atomic mass is 10.1. The number of hydrogen-bond acceptors (Lipinski definition) is 9. The van der Waals surface area contributed by atoms with Crippen molar-refractivity contribution in [3.63, 3.8) is 0 Å². The Labute approximate surface area is 198 Å². The van der Waals surface area contributed by atoms with Crippen molar-refractivity contribution < 1.29 is 14.3 Å². The minimum absolute atomic E-state index is 0.563. The lowest BCUT2D eigenvalue weighted by Gasteiger charge is -2.27. The number of carbonyl (C=O) groups excluding carboxylic acids is 1. The fraction of sp³-hybridized carbons (Fsp3) is 0.280. The zero-order chi connectivity index (χ0) is 23.8. The summed E-state index contributed by atoms with van der Waals surface area (Å²) in [5.41, 5.74) is 4.73. The molecule has 1 aliphatic heterocycles. The van der Waals surface area contributed by atoms with Crippen LogP contribution in [0.4, 0.5) is 23.1 Å². The highest BCUT2D eigenvalue weighted by Gasteiger charge is 2.17. The standard InChI is InChI=1S/C25H28N6O3/c1-33-11-8-27-22-14-19(4-5-20(22)16-26)23-15-24(28-21-6-2-18(17-32)3-7-21)30-25(29-23)31-9-12-34-13-10-31/h2-7,14-17,26-27H,8-13H2,1H3,(H,28,29,30). The maximum Gasteiger partial charge on any atom is 0.228 e. The molecule has 34 heavy (non-hydrogen) atoms. The molecule has 176 valence electrons. The normalized spacial score (nSPS) is 13.4. The minimum atomic E-state index is 0.563. The van der Waals surface area contributed by atoms with E-state index < -0.39 is 0 Å². The first-order valence-corrected chi connectivity index (χ1v) is 11.1. The lowest BCUT2D eigenvalue weighted by Crippen LogP contribution is -2.37. The molecule has 0 radical (unpaired) electrons. The SMILES string of the molecule is COCCNc1cc(-c2cc(Nc3ccc(C=O)cc3)nc(N3CCOCC3)n2)ccc1C=N. The molecule has 0 unspecified atom stereocenters. The van der Waals surface area contributed by atoms with Gasteiger partial charge in [-0.25, -0.2) is 4.98 Å². The molecule has 1 aromatic heterocycles. The van der Waals surface area contributed by atoms with E-state index in [2.05, 4.69) is 15.5 Å². The Bertz CT molecular complexity index is 1130. The Balaban J connectivity index is 1.70. The van der Waals surface area contributed by atoms with Gasteiger partial charge in [0.05, 0.1) is 25.5 Å². The molecular formula is C25H28N6O3. The fourth-order valence-electron chi connectivity index (χ4n) is 3.63. The minimum Gasteiger partial charge on any atom is -0.383 e. The molecule has 1 fully saturated rings. The third-order valence-electron chi connectivity index (χ3n) is 5.45. The zero-order valence-electron chi connectivity index (χ0n) is 19.1. The van der Waals surface area contributed by atoms with Gasteiger partial charge in [-0.2, -0.15) is 4.98 Å². The number of hydrogen-bond donors (Lipinski definition) is 3. The number of rotatable bonds is 10. The summed E-state index contributed by atoms with van der Waals surface area (Å²) in [5.74, 6) is 1.27. The number of carbonyl (C=O) groups is 1. The molecule has 0 saturated carbocycles. The molecule has 1 saturated heterocycles. The third kappa shape index (κ3) is 5.75. The van der Waals surface area contributed by atoms with Crippen molar-refractivity contribution in [3.8, 4) is 11.3 Å². The van der Waals surface area contributed by atoms with E-state index >= 15 is 0 Å². The first-order valence-electron chi connectivity index (χ1n) is 11.1. The van der Waals surface area contributed by atoms with Gasteiger partial charge in [-0.05, 0) is 30.3 Å². The Kier molecular flexibility index (Phi) is 7.79. The van der Waals surface area contributed by atoms with Gasteiger partial charge in [0.15, 0.2) is 0 Å². The maximum absolute atomic E-state index is 11.0. The van der Waals surface area contributed by atoms with E-state index in [0.29, 0.717) is 56.8 Å². The van der Waals surface area contributed by atoms with E-state index in [1.165, 1.54) is 6.21 Å². The maximum atomic E-state index is 11.0. The van der Waals surface area contributed by atoms with Crippen LogP contribution in [0.2, 0.25) is 0 Å². The highest BCUT2D eigenvalue weighted by Crippen LogP contribution is 2.28. The molecule has 0 amide bonds. The van der Waals surface area contributed by atoms with Crippen LogP contribution in [0.15, 0.2) is 48.5 Å². The number of nitrogens with one attached hydrogen (secondary N) is 3. The van der Waals surface area contributed by atoms with Crippen LogP contribution in [-0.4, -0.2) is 69.0 Å². The lowest BCUT2D eigenvalue weighted by molar-refractivity contribution is 0.112. The average Bonchev–Trinajstić information content (AvgIpc) is 2.89. The molecule has 4 rings (SSSR count). The summed E-state index contributed by atoms with van der Waals surface area (Å²) in [6.45, 7) is 3.89. The van der Waals surface area contributed by atoms with Crippen LogP contribution in [0.3, 0.4) is 0 Å². The number of nitrogens with zero attached hydrogens (tertiary/aromatic N) is 3. The number of methoxy groups -OCH3 is 1. The summed E-state index contributed by atoms with van der Waals surface area (Å²) in [5, 5.41) is 14.4. The third-order valence-corrected chi connectivity index (χ3v) is 5.45. The summed E-state index contributed by atoms with van der Waals surface area (Å²) >= 11 is 0. The smallest absolute Gasteiger partial charge is 0.228 e. The second kappa shape index (κ2) is 11.4. The first-order chi connectivity index (χ1) is 16.7. The second-order valence-corrected chi connectivity index (χ2v) is 7.77. The van der Waals surface area contributed by atoms with Crippen LogP contribution >= 0.6 is 0 Å².